The third kappa shape index (κ3) is 5.28. The number of nitrogens with two attached hydrogens (primary N) is 2. The van der Waals surface area contributed by atoms with Crippen LogP contribution in [-0.2, 0) is 14.2 Å². The van der Waals surface area contributed by atoms with Gasteiger partial charge in [-0.3, -0.25) is 9.59 Å². The smallest absolute Gasteiger partial charge is 0.415 e. The molecule has 4 N–H and O–H groups in total. The summed E-state index contributed by atoms with van der Waals surface area (Å²) in [6, 6.07) is 16.3. The minimum Gasteiger partial charge on any atom is -0.415 e. The number of para-hydroxylation sites is 2. The first kappa shape index (κ1) is 21.6. The van der Waals surface area contributed by atoms with Crippen LogP contribution in [0.25, 0.3) is 0 Å². The number of primary amides is 1. The van der Waals surface area contributed by atoms with Gasteiger partial charge < -0.3 is 25.4 Å². The quantitative estimate of drug-likeness (QED) is 0.591. The number of nitrogens with zero attached hydrogens (tertiary/aromatic N) is 1. The first-order valence-corrected chi connectivity index (χ1v) is 11.1. The highest BCUT2D eigenvalue weighted by molar-refractivity contribution is 7.55. The van der Waals surface area contributed by atoms with Gasteiger partial charge in [0.1, 0.15) is 11.5 Å². The predicted octanol–water partition coefficient (Wildman–Crippen LogP) is 3.00. The summed E-state index contributed by atoms with van der Waals surface area (Å²) in [5.41, 5.74) is 11.1. The van der Waals surface area contributed by atoms with Gasteiger partial charge in [-0.1, -0.05) is 42.5 Å². The number of hydrogen-bond acceptors (Lipinski definition) is 6. The number of carbonyl (C=O) groups excluding carboxylic acids is 2. The van der Waals surface area contributed by atoms with Crippen molar-refractivity contribution in [2.45, 2.75) is 31.1 Å². The maximum absolute atomic E-state index is 14.0. The van der Waals surface area contributed by atoms with Crippen molar-refractivity contribution < 1.29 is 23.2 Å². The fraction of sp³-hybridized carbons (Fsp3) is 0.238. The Hall–Kier alpha value is -3.09. The van der Waals surface area contributed by atoms with Gasteiger partial charge in [-0.2, -0.15) is 0 Å². The molecule has 0 radical (unpaired) electrons. The average molecular weight is 429 g/mol. The Morgan fingerprint density at radius 1 is 1.03 bits per heavy atom. The molecule has 0 bridgehead atoms. The van der Waals surface area contributed by atoms with Crippen LogP contribution in [0.15, 0.2) is 72.9 Å². The minimum atomic E-state index is -3.90. The topological polar surface area (TPSA) is 125 Å². The van der Waals surface area contributed by atoms with E-state index in [9.17, 15) is 14.2 Å². The van der Waals surface area contributed by atoms with Crippen LogP contribution in [0, 0.1) is 0 Å². The summed E-state index contributed by atoms with van der Waals surface area (Å²) in [5.74, 6) is -1.21. The molecule has 2 aromatic rings. The third-order valence-corrected chi connectivity index (χ3v) is 6.64. The van der Waals surface area contributed by atoms with E-state index in [0.717, 1.165) is 0 Å². The van der Waals surface area contributed by atoms with Crippen LogP contribution < -0.4 is 20.5 Å². The van der Waals surface area contributed by atoms with Crippen LogP contribution in [0.5, 0.6) is 11.5 Å². The van der Waals surface area contributed by atoms with Crippen LogP contribution in [0.1, 0.15) is 19.3 Å². The Morgan fingerprint density at radius 3 is 2.07 bits per heavy atom. The second-order valence-electron chi connectivity index (χ2n) is 6.81. The number of benzene rings is 2. The van der Waals surface area contributed by atoms with E-state index in [1.165, 1.54) is 11.1 Å². The molecule has 2 atom stereocenters. The number of hydrogen-bond donors (Lipinski definition) is 2. The molecule has 1 aliphatic rings. The molecular weight excluding hydrogens is 405 g/mol. The van der Waals surface area contributed by atoms with E-state index in [2.05, 4.69) is 0 Å². The highest BCUT2D eigenvalue weighted by Gasteiger charge is 2.46. The maximum Gasteiger partial charge on any atom is 0.453 e. The molecule has 9 heteroatoms. The summed E-state index contributed by atoms with van der Waals surface area (Å²) in [4.78, 5) is 25.2. The molecule has 0 saturated carbocycles. The van der Waals surface area contributed by atoms with Gasteiger partial charge in [-0.05, 0) is 30.7 Å². The van der Waals surface area contributed by atoms with Crippen molar-refractivity contribution in [3.63, 3.8) is 0 Å². The standard InChI is InChI=1S/C21H24N3O5P/c22-18(13-14-19(23)25)21(26)24-15-7-12-20(24)30(27,28-16-8-3-1-4-9-16)29-17-10-5-2-6-11-17/h1-11,15,18,20H,12-14,22H2,(H2,23,25)/t18-,20?/m0/s1. The lowest BCUT2D eigenvalue weighted by molar-refractivity contribution is -0.130. The fourth-order valence-electron chi connectivity index (χ4n) is 3.02. The summed E-state index contributed by atoms with van der Waals surface area (Å²) < 4.78 is 25.6. The van der Waals surface area contributed by atoms with Crippen molar-refractivity contribution in [2.75, 3.05) is 0 Å². The largest absolute Gasteiger partial charge is 0.453 e. The molecule has 2 amide bonds. The van der Waals surface area contributed by atoms with Gasteiger partial charge in [0.15, 0.2) is 5.78 Å². The molecule has 1 aliphatic heterocycles. The van der Waals surface area contributed by atoms with Crippen LogP contribution in [0.2, 0.25) is 0 Å². The van der Waals surface area contributed by atoms with Crippen LogP contribution >= 0.6 is 7.60 Å². The van der Waals surface area contributed by atoms with Gasteiger partial charge in [-0.15, -0.1) is 0 Å². The molecule has 0 aromatic heterocycles. The molecule has 3 rings (SSSR count). The molecule has 1 heterocycles. The molecule has 158 valence electrons. The van der Waals surface area contributed by atoms with E-state index < -0.39 is 31.2 Å². The third-order valence-electron chi connectivity index (χ3n) is 4.52. The number of rotatable bonds is 9. The number of amides is 2. The van der Waals surface area contributed by atoms with E-state index >= 15 is 0 Å². The van der Waals surface area contributed by atoms with Gasteiger partial charge in [0.2, 0.25) is 11.8 Å². The molecule has 1 unspecified atom stereocenters. The molecule has 0 fully saturated rings. The summed E-state index contributed by atoms with van der Waals surface area (Å²) in [6.07, 6.45) is 3.57. The SMILES string of the molecule is NC(=O)CC[C@H](N)C(=O)N1C=CCC1P(=O)(Oc1ccccc1)Oc1ccccc1. The fourth-order valence-corrected chi connectivity index (χ4v) is 5.01. The lowest BCUT2D eigenvalue weighted by Crippen LogP contribution is -2.45. The predicted molar refractivity (Wildman–Crippen MR) is 113 cm³/mol. The van der Waals surface area contributed by atoms with Gasteiger partial charge in [0, 0.05) is 19.0 Å². The van der Waals surface area contributed by atoms with Gasteiger partial charge in [0.25, 0.3) is 0 Å². The van der Waals surface area contributed by atoms with Crippen LogP contribution in [0.4, 0.5) is 0 Å². The van der Waals surface area contributed by atoms with E-state index in [1.807, 2.05) is 0 Å². The second kappa shape index (κ2) is 9.61. The Bertz CT molecular complexity index is 906. The molecule has 30 heavy (non-hydrogen) atoms. The Kier molecular flexibility index (Phi) is 6.92. The lowest BCUT2D eigenvalue weighted by Gasteiger charge is -2.31. The van der Waals surface area contributed by atoms with E-state index in [0.29, 0.717) is 11.5 Å². The molecular formula is C21H24N3O5P. The second-order valence-corrected chi connectivity index (χ2v) is 8.85. The van der Waals surface area contributed by atoms with E-state index in [-0.39, 0.29) is 19.3 Å². The molecule has 2 aromatic carbocycles. The summed E-state index contributed by atoms with van der Waals surface area (Å²) in [5, 5.41) is 0. The Morgan fingerprint density at radius 2 is 1.57 bits per heavy atom. The van der Waals surface area contributed by atoms with Crippen molar-refractivity contribution in [1.29, 1.82) is 0 Å². The van der Waals surface area contributed by atoms with Gasteiger partial charge in [-0.25, -0.2) is 4.57 Å². The Labute approximate surface area is 175 Å². The van der Waals surface area contributed by atoms with E-state index in [4.69, 9.17) is 20.5 Å². The van der Waals surface area contributed by atoms with Crippen LogP contribution in [-0.4, -0.2) is 28.5 Å². The minimum absolute atomic E-state index is 0.0200. The molecule has 8 nitrogen and oxygen atoms in total. The zero-order valence-corrected chi connectivity index (χ0v) is 17.2. The molecule has 0 aliphatic carbocycles. The van der Waals surface area contributed by atoms with Crippen molar-refractivity contribution in [3.05, 3.63) is 72.9 Å². The van der Waals surface area contributed by atoms with Gasteiger partial charge >= 0.3 is 7.60 Å². The maximum atomic E-state index is 14.0. The normalized spacial score (nSPS) is 16.8. The number of carbonyl (C=O) groups is 2. The van der Waals surface area contributed by atoms with Gasteiger partial charge in [0.05, 0.1) is 6.04 Å². The summed E-state index contributed by atoms with van der Waals surface area (Å²) >= 11 is 0. The van der Waals surface area contributed by atoms with Crippen molar-refractivity contribution >= 4 is 19.4 Å². The van der Waals surface area contributed by atoms with Crippen LogP contribution in [0.3, 0.4) is 0 Å². The van der Waals surface area contributed by atoms with Crippen molar-refractivity contribution in [1.82, 2.24) is 4.90 Å². The molecule has 0 saturated heterocycles. The lowest BCUT2D eigenvalue weighted by atomic mass is 10.1. The monoisotopic (exact) mass is 429 g/mol. The first-order chi connectivity index (χ1) is 14.4. The average Bonchev–Trinajstić information content (AvgIpc) is 3.23. The molecule has 0 spiro atoms. The zero-order valence-electron chi connectivity index (χ0n) is 16.3. The first-order valence-electron chi connectivity index (χ1n) is 9.51. The summed E-state index contributed by atoms with van der Waals surface area (Å²) in [6.45, 7) is 0. The zero-order chi connectivity index (χ0) is 21.6. The van der Waals surface area contributed by atoms with E-state index in [1.54, 1.807) is 66.7 Å². The Balaban J connectivity index is 1.87. The highest BCUT2D eigenvalue weighted by Crippen LogP contribution is 2.56. The van der Waals surface area contributed by atoms with Crippen molar-refractivity contribution in [2.24, 2.45) is 11.5 Å². The van der Waals surface area contributed by atoms with Crippen molar-refractivity contribution in [3.8, 4) is 11.5 Å². The highest BCUT2D eigenvalue weighted by atomic mass is 31.2. The summed E-state index contributed by atoms with van der Waals surface area (Å²) in [7, 11) is -3.90.